The van der Waals surface area contributed by atoms with Gasteiger partial charge < -0.3 is 19.5 Å². The molecule has 0 aromatic rings. The molecule has 0 aliphatic heterocycles. The first-order valence-corrected chi connectivity index (χ1v) is 5.64. The topological polar surface area (TPSA) is 102 Å². The van der Waals surface area contributed by atoms with Gasteiger partial charge in [-0.3, -0.25) is 9.05 Å². The third-order valence-electron chi connectivity index (χ3n) is 1.59. The second-order valence-electron chi connectivity index (χ2n) is 2.72. The average molecular weight is 242 g/mol. The van der Waals surface area contributed by atoms with Gasteiger partial charge in [0.1, 0.15) is 18.5 Å². The van der Waals surface area contributed by atoms with Crippen LogP contribution in [0.2, 0.25) is 0 Å². The lowest BCUT2D eigenvalue weighted by molar-refractivity contribution is -0.111. The maximum atomic E-state index is 11.0. The summed E-state index contributed by atoms with van der Waals surface area (Å²) >= 11 is 0. The molecule has 0 bridgehead atoms. The van der Waals surface area contributed by atoms with Gasteiger partial charge >= 0.3 is 7.82 Å². The zero-order valence-electron chi connectivity index (χ0n) is 8.53. The van der Waals surface area contributed by atoms with Crippen LogP contribution in [0.5, 0.6) is 0 Å². The van der Waals surface area contributed by atoms with Crippen LogP contribution in [-0.4, -0.2) is 49.3 Å². The van der Waals surface area contributed by atoms with Crippen molar-refractivity contribution in [2.75, 3.05) is 20.8 Å². The molecule has 15 heavy (non-hydrogen) atoms. The lowest BCUT2D eigenvalue weighted by Crippen LogP contribution is -2.32. The number of methoxy groups -OCH3 is 1. The molecule has 3 atom stereocenters. The standard InChI is InChI=1S/C7H15O7P/c1-12-5-6(9)7(3-4-8)14-15(10,11)13-2/h4,6-7,9H,3,5H2,1-2H3,(H,10,11). The van der Waals surface area contributed by atoms with Crippen molar-refractivity contribution >= 4 is 14.1 Å². The van der Waals surface area contributed by atoms with Crippen LogP contribution >= 0.6 is 7.82 Å². The highest BCUT2D eigenvalue weighted by molar-refractivity contribution is 7.47. The predicted octanol–water partition coefficient (Wildman–Crippen LogP) is -0.285. The molecule has 0 saturated heterocycles. The highest BCUT2D eigenvalue weighted by atomic mass is 31.2. The Bertz CT molecular complexity index is 231. The van der Waals surface area contributed by atoms with E-state index in [0.717, 1.165) is 7.11 Å². The molecule has 0 radical (unpaired) electrons. The Morgan fingerprint density at radius 2 is 2.07 bits per heavy atom. The molecule has 0 aromatic carbocycles. The summed E-state index contributed by atoms with van der Waals surface area (Å²) in [4.78, 5) is 19.2. The van der Waals surface area contributed by atoms with E-state index in [1.807, 2.05) is 0 Å². The van der Waals surface area contributed by atoms with Crippen molar-refractivity contribution in [3.8, 4) is 0 Å². The first-order chi connectivity index (χ1) is 6.96. The fourth-order valence-corrected chi connectivity index (χ4v) is 1.51. The molecule has 0 saturated carbocycles. The summed E-state index contributed by atoms with van der Waals surface area (Å²) in [5.74, 6) is 0. The van der Waals surface area contributed by atoms with Gasteiger partial charge in [0.15, 0.2) is 0 Å². The quantitative estimate of drug-likeness (QED) is 0.445. The van der Waals surface area contributed by atoms with Crippen LogP contribution in [0.25, 0.3) is 0 Å². The third kappa shape index (κ3) is 5.99. The monoisotopic (exact) mass is 242 g/mol. The number of carbonyl (C=O) groups excluding carboxylic acids is 1. The van der Waals surface area contributed by atoms with E-state index >= 15 is 0 Å². The number of aliphatic hydroxyl groups excluding tert-OH is 1. The Kier molecular flexibility index (Phi) is 6.91. The molecular weight excluding hydrogens is 227 g/mol. The highest BCUT2D eigenvalue weighted by Crippen LogP contribution is 2.44. The number of aldehydes is 1. The summed E-state index contributed by atoms with van der Waals surface area (Å²) < 4.78 is 24.4. The first-order valence-electron chi connectivity index (χ1n) is 4.14. The molecule has 0 spiro atoms. The SMILES string of the molecule is COCC(O)C(CC=O)OP(=O)(O)OC. The van der Waals surface area contributed by atoms with Gasteiger partial charge in [0.25, 0.3) is 0 Å². The smallest absolute Gasteiger partial charge is 0.388 e. The normalized spacial score (nSPS) is 19.2. The van der Waals surface area contributed by atoms with Crippen molar-refractivity contribution in [3.05, 3.63) is 0 Å². The summed E-state index contributed by atoms with van der Waals surface area (Å²) in [6.07, 6.45) is -2.05. The Hall–Kier alpha value is -0.300. The Morgan fingerprint density at radius 3 is 2.47 bits per heavy atom. The van der Waals surface area contributed by atoms with Crippen molar-refractivity contribution in [1.82, 2.24) is 0 Å². The summed E-state index contributed by atoms with van der Waals surface area (Å²) in [5, 5.41) is 9.40. The lowest BCUT2D eigenvalue weighted by Gasteiger charge is -2.22. The fourth-order valence-electron chi connectivity index (χ4n) is 0.857. The maximum Gasteiger partial charge on any atom is 0.472 e. The van der Waals surface area contributed by atoms with Gasteiger partial charge in [-0.05, 0) is 0 Å². The van der Waals surface area contributed by atoms with Gasteiger partial charge in [0.2, 0.25) is 0 Å². The van der Waals surface area contributed by atoms with E-state index in [1.54, 1.807) is 0 Å². The molecule has 3 unspecified atom stereocenters. The molecule has 0 aromatic heterocycles. The van der Waals surface area contributed by atoms with Crippen molar-refractivity contribution in [1.29, 1.82) is 0 Å². The van der Waals surface area contributed by atoms with Crippen molar-refractivity contribution in [3.63, 3.8) is 0 Å². The van der Waals surface area contributed by atoms with Gasteiger partial charge in [-0.2, -0.15) is 0 Å². The van der Waals surface area contributed by atoms with Gasteiger partial charge in [0.05, 0.1) is 6.61 Å². The summed E-state index contributed by atoms with van der Waals surface area (Å²) in [6.45, 7) is -0.109. The van der Waals surface area contributed by atoms with Gasteiger partial charge in [-0.25, -0.2) is 4.57 Å². The summed E-state index contributed by atoms with van der Waals surface area (Å²) in [5.41, 5.74) is 0. The first kappa shape index (κ1) is 14.7. The van der Waals surface area contributed by atoms with E-state index in [-0.39, 0.29) is 13.0 Å². The summed E-state index contributed by atoms with van der Waals surface area (Å²) in [6, 6.07) is 0. The zero-order chi connectivity index (χ0) is 11.9. The Labute approximate surface area is 87.6 Å². The number of ether oxygens (including phenoxy) is 1. The van der Waals surface area contributed by atoms with E-state index in [0.29, 0.717) is 6.29 Å². The van der Waals surface area contributed by atoms with Crippen LogP contribution in [0.3, 0.4) is 0 Å². The molecule has 0 aliphatic carbocycles. The number of phosphoric acid groups is 1. The Morgan fingerprint density at radius 1 is 1.47 bits per heavy atom. The van der Waals surface area contributed by atoms with Crippen LogP contribution in [-0.2, 0) is 23.1 Å². The van der Waals surface area contributed by atoms with Crippen LogP contribution in [0.1, 0.15) is 6.42 Å². The van der Waals surface area contributed by atoms with Gasteiger partial charge in [0, 0.05) is 20.6 Å². The largest absolute Gasteiger partial charge is 0.472 e. The third-order valence-corrected chi connectivity index (χ3v) is 2.59. The van der Waals surface area contributed by atoms with E-state index in [2.05, 4.69) is 13.8 Å². The molecular formula is C7H15O7P. The molecule has 2 N–H and O–H groups in total. The van der Waals surface area contributed by atoms with E-state index < -0.39 is 20.0 Å². The molecule has 0 amide bonds. The van der Waals surface area contributed by atoms with E-state index in [4.69, 9.17) is 4.89 Å². The Balaban J connectivity index is 4.38. The minimum Gasteiger partial charge on any atom is -0.388 e. The van der Waals surface area contributed by atoms with E-state index in [9.17, 15) is 14.5 Å². The molecule has 8 heteroatoms. The number of hydrogen-bond donors (Lipinski definition) is 2. The van der Waals surface area contributed by atoms with Crippen LogP contribution in [0.4, 0.5) is 0 Å². The molecule has 90 valence electrons. The molecule has 0 heterocycles. The van der Waals surface area contributed by atoms with Crippen molar-refractivity contribution < 1.29 is 33.1 Å². The van der Waals surface area contributed by atoms with Gasteiger partial charge in [-0.1, -0.05) is 0 Å². The minimum atomic E-state index is -4.21. The van der Waals surface area contributed by atoms with Crippen LogP contribution in [0.15, 0.2) is 0 Å². The summed E-state index contributed by atoms with van der Waals surface area (Å²) in [7, 11) is -1.88. The molecule has 0 fully saturated rings. The second-order valence-corrected chi connectivity index (χ2v) is 4.23. The van der Waals surface area contributed by atoms with Crippen LogP contribution in [0, 0.1) is 0 Å². The number of phosphoric ester groups is 1. The second kappa shape index (κ2) is 7.05. The molecule has 0 aliphatic rings. The zero-order valence-corrected chi connectivity index (χ0v) is 9.42. The predicted molar refractivity (Wildman–Crippen MR) is 50.3 cm³/mol. The van der Waals surface area contributed by atoms with E-state index in [1.165, 1.54) is 7.11 Å². The minimum absolute atomic E-state index is 0.109. The van der Waals surface area contributed by atoms with Crippen LogP contribution < -0.4 is 0 Å². The number of rotatable bonds is 8. The number of hydrogen-bond acceptors (Lipinski definition) is 6. The lowest BCUT2D eigenvalue weighted by atomic mass is 10.2. The maximum absolute atomic E-state index is 11.0. The molecule has 7 nitrogen and oxygen atoms in total. The number of aliphatic hydroxyl groups is 1. The fraction of sp³-hybridized carbons (Fsp3) is 0.857. The van der Waals surface area contributed by atoms with Crippen molar-refractivity contribution in [2.24, 2.45) is 0 Å². The van der Waals surface area contributed by atoms with Crippen molar-refractivity contribution in [2.45, 2.75) is 18.6 Å². The average Bonchev–Trinajstić information content (AvgIpc) is 2.17. The highest BCUT2D eigenvalue weighted by Gasteiger charge is 2.29. The van der Waals surface area contributed by atoms with Gasteiger partial charge in [-0.15, -0.1) is 0 Å². The molecule has 0 rings (SSSR count). The number of carbonyl (C=O) groups is 1.